The van der Waals surface area contributed by atoms with E-state index in [1.807, 2.05) is 30.3 Å². The molecule has 5 heteroatoms. The predicted octanol–water partition coefficient (Wildman–Crippen LogP) is 4.30. The molecule has 30 heavy (non-hydrogen) atoms. The maximum absolute atomic E-state index is 12.2. The topological polar surface area (TPSA) is 54.7 Å². The first-order valence-corrected chi connectivity index (χ1v) is 10.6. The first-order valence-electron chi connectivity index (χ1n) is 10.6. The molecule has 1 fully saturated rings. The highest BCUT2D eigenvalue weighted by molar-refractivity contribution is 5.94. The zero-order chi connectivity index (χ0) is 20.6. The Labute approximate surface area is 177 Å². The number of likely N-dealkylation sites (tertiary alicyclic amines) is 1. The minimum Gasteiger partial charge on any atom is -0.490 e. The van der Waals surface area contributed by atoms with Gasteiger partial charge < -0.3 is 19.4 Å². The Balaban J connectivity index is 1.19. The van der Waals surface area contributed by atoms with Crippen LogP contribution in [0.1, 0.15) is 34.5 Å². The number of benzene rings is 2. The van der Waals surface area contributed by atoms with Crippen LogP contribution in [0, 0.1) is 0 Å². The highest BCUT2D eigenvalue weighted by atomic mass is 16.5. The first kappa shape index (κ1) is 20.2. The number of ether oxygens (including phenoxy) is 1. The minimum absolute atomic E-state index is 0.121. The largest absolute Gasteiger partial charge is 0.490 e. The Morgan fingerprint density at radius 1 is 1.00 bits per heavy atom. The van der Waals surface area contributed by atoms with Crippen LogP contribution in [-0.4, -0.2) is 36.5 Å². The summed E-state index contributed by atoms with van der Waals surface area (Å²) in [5.74, 6) is 1.43. The fourth-order valence-corrected chi connectivity index (χ4v) is 3.74. The van der Waals surface area contributed by atoms with Crippen LogP contribution >= 0.6 is 0 Å². The quantitative estimate of drug-likeness (QED) is 0.608. The summed E-state index contributed by atoms with van der Waals surface area (Å²) >= 11 is 0. The van der Waals surface area contributed by atoms with Crippen molar-refractivity contribution in [3.05, 3.63) is 89.9 Å². The molecule has 0 aliphatic carbocycles. The molecule has 1 amide bonds. The van der Waals surface area contributed by atoms with Crippen molar-refractivity contribution < 1.29 is 13.9 Å². The van der Waals surface area contributed by atoms with Gasteiger partial charge in [-0.25, -0.2) is 0 Å². The Bertz CT molecular complexity index is 899. The lowest BCUT2D eigenvalue weighted by molar-refractivity contribution is 0.0947. The van der Waals surface area contributed by atoms with Crippen molar-refractivity contribution >= 4 is 5.91 Å². The van der Waals surface area contributed by atoms with Crippen LogP contribution in [0.3, 0.4) is 0 Å². The van der Waals surface area contributed by atoms with Gasteiger partial charge in [-0.3, -0.25) is 4.79 Å². The van der Waals surface area contributed by atoms with Crippen LogP contribution in [0.2, 0.25) is 0 Å². The van der Waals surface area contributed by atoms with Crippen molar-refractivity contribution in [2.24, 2.45) is 0 Å². The van der Waals surface area contributed by atoms with Crippen molar-refractivity contribution in [3.63, 3.8) is 0 Å². The van der Waals surface area contributed by atoms with Gasteiger partial charge in [0.15, 0.2) is 0 Å². The Morgan fingerprint density at radius 2 is 1.77 bits per heavy atom. The SMILES string of the molecule is O=C(NCc1ccco1)c1ccc(OC2CCN(CCc3ccccc3)CC2)cc1. The second-order valence-corrected chi connectivity index (χ2v) is 7.68. The molecule has 0 unspecified atom stereocenters. The van der Waals surface area contributed by atoms with Gasteiger partial charge in [-0.05, 0) is 61.2 Å². The lowest BCUT2D eigenvalue weighted by Crippen LogP contribution is -2.39. The van der Waals surface area contributed by atoms with Crippen molar-refractivity contribution in [2.45, 2.75) is 31.9 Å². The molecule has 3 aromatic rings. The molecule has 0 atom stereocenters. The van der Waals surface area contributed by atoms with E-state index in [9.17, 15) is 4.79 Å². The molecular weight excluding hydrogens is 376 g/mol. The van der Waals surface area contributed by atoms with E-state index in [4.69, 9.17) is 9.15 Å². The predicted molar refractivity (Wildman–Crippen MR) is 117 cm³/mol. The van der Waals surface area contributed by atoms with E-state index in [-0.39, 0.29) is 12.0 Å². The van der Waals surface area contributed by atoms with Gasteiger partial charge in [0, 0.05) is 25.2 Å². The minimum atomic E-state index is -0.121. The van der Waals surface area contributed by atoms with Gasteiger partial charge in [-0.1, -0.05) is 30.3 Å². The molecule has 5 nitrogen and oxygen atoms in total. The number of hydrogen-bond donors (Lipinski definition) is 1. The number of amides is 1. The number of carbonyl (C=O) groups is 1. The molecule has 1 aromatic heterocycles. The van der Waals surface area contributed by atoms with E-state index in [0.717, 1.165) is 50.4 Å². The maximum Gasteiger partial charge on any atom is 0.251 e. The van der Waals surface area contributed by atoms with Crippen LogP contribution in [-0.2, 0) is 13.0 Å². The van der Waals surface area contributed by atoms with Crippen LogP contribution in [0.25, 0.3) is 0 Å². The van der Waals surface area contributed by atoms with Crippen LogP contribution in [0.4, 0.5) is 0 Å². The standard InChI is InChI=1S/C25H28N2O3/c28-25(26-19-24-7-4-18-29-24)21-8-10-22(11-9-21)30-23-13-16-27(17-14-23)15-12-20-5-2-1-3-6-20/h1-11,18,23H,12-17,19H2,(H,26,28). The molecule has 0 saturated carbocycles. The Morgan fingerprint density at radius 3 is 2.47 bits per heavy atom. The zero-order valence-electron chi connectivity index (χ0n) is 17.1. The van der Waals surface area contributed by atoms with Crippen LogP contribution < -0.4 is 10.1 Å². The molecule has 1 aliphatic rings. The summed E-state index contributed by atoms with van der Waals surface area (Å²) in [7, 11) is 0. The molecule has 0 spiro atoms. The summed E-state index contributed by atoms with van der Waals surface area (Å²) < 4.78 is 11.4. The number of hydrogen-bond acceptors (Lipinski definition) is 4. The van der Waals surface area contributed by atoms with Gasteiger partial charge in [-0.15, -0.1) is 0 Å². The second kappa shape index (κ2) is 10.1. The van der Waals surface area contributed by atoms with Crippen LogP contribution in [0.5, 0.6) is 5.75 Å². The molecule has 1 saturated heterocycles. The molecule has 156 valence electrons. The van der Waals surface area contributed by atoms with Gasteiger partial charge in [0.25, 0.3) is 5.91 Å². The maximum atomic E-state index is 12.2. The molecule has 2 heterocycles. The van der Waals surface area contributed by atoms with E-state index < -0.39 is 0 Å². The van der Waals surface area contributed by atoms with Crippen molar-refractivity contribution in [1.82, 2.24) is 10.2 Å². The molecule has 4 rings (SSSR count). The highest BCUT2D eigenvalue weighted by Gasteiger charge is 2.20. The first-order chi connectivity index (χ1) is 14.8. The number of furan rings is 1. The highest BCUT2D eigenvalue weighted by Crippen LogP contribution is 2.20. The van der Waals surface area contributed by atoms with Gasteiger partial charge in [0.05, 0.1) is 12.8 Å². The zero-order valence-corrected chi connectivity index (χ0v) is 17.1. The second-order valence-electron chi connectivity index (χ2n) is 7.68. The van der Waals surface area contributed by atoms with E-state index in [0.29, 0.717) is 12.1 Å². The monoisotopic (exact) mass is 404 g/mol. The van der Waals surface area contributed by atoms with Crippen LogP contribution in [0.15, 0.2) is 77.4 Å². The fraction of sp³-hybridized carbons (Fsp3) is 0.320. The smallest absolute Gasteiger partial charge is 0.251 e. The Kier molecular flexibility index (Phi) is 6.83. The van der Waals surface area contributed by atoms with E-state index in [1.54, 1.807) is 12.3 Å². The summed E-state index contributed by atoms with van der Waals surface area (Å²) in [5.41, 5.74) is 2.01. The molecular formula is C25H28N2O3. The number of nitrogens with one attached hydrogen (secondary N) is 1. The number of rotatable bonds is 8. The van der Waals surface area contributed by atoms with Gasteiger partial charge in [0.2, 0.25) is 0 Å². The van der Waals surface area contributed by atoms with E-state index >= 15 is 0 Å². The molecule has 1 N–H and O–H groups in total. The van der Waals surface area contributed by atoms with Crippen molar-refractivity contribution in [2.75, 3.05) is 19.6 Å². The van der Waals surface area contributed by atoms with E-state index in [1.165, 1.54) is 5.56 Å². The third-order valence-corrected chi connectivity index (χ3v) is 5.52. The lowest BCUT2D eigenvalue weighted by atomic mass is 10.1. The molecule has 0 bridgehead atoms. The summed E-state index contributed by atoms with van der Waals surface area (Å²) in [6.45, 7) is 3.60. The van der Waals surface area contributed by atoms with Gasteiger partial charge in [0.1, 0.15) is 17.6 Å². The number of carbonyl (C=O) groups excluding carboxylic acids is 1. The van der Waals surface area contributed by atoms with Crippen molar-refractivity contribution in [3.8, 4) is 5.75 Å². The molecule has 0 radical (unpaired) electrons. The lowest BCUT2D eigenvalue weighted by Gasteiger charge is -2.32. The fourth-order valence-electron chi connectivity index (χ4n) is 3.74. The summed E-state index contributed by atoms with van der Waals surface area (Å²) in [6.07, 6.45) is 4.98. The molecule has 1 aliphatic heterocycles. The number of nitrogens with zero attached hydrogens (tertiary/aromatic N) is 1. The summed E-state index contributed by atoms with van der Waals surface area (Å²) in [5, 5.41) is 2.85. The van der Waals surface area contributed by atoms with Crippen molar-refractivity contribution in [1.29, 1.82) is 0 Å². The van der Waals surface area contributed by atoms with Gasteiger partial charge >= 0.3 is 0 Å². The number of piperidine rings is 1. The summed E-state index contributed by atoms with van der Waals surface area (Å²) in [4.78, 5) is 14.8. The van der Waals surface area contributed by atoms with Gasteiger partial charge in [-0.2, -0.15) is 0 Å². The normalized spacial score (nSPS) is 15.1. The Hall–Kier alpha value is -3.05. The average molecular weight is 405 g/mol. The third-order valence-electron chi connectivity index (χ3n) is 5.52. The third kappa shape index (κ3) is 5.74. The average Bonchev–Trinajstić information content (AvgIpc) is 3.32. The van der Waals surface area contributed by atoms with E-state index in [2.05, 4.69) is 40.5 Å². The molecule has 2 aromatic carbocycles. The summed E-state index contributed by atoms with van der Waals surface area (Å²) in [6, 6.07) is 21.7.